The molecule has 2 rings (SSSR count). The lowest BCUT2D eigenvalue weighted by Gasteiger charge is -2.29. The van der Waals surface area contributed by atoms with E-state index in [1.54, 1.807) is 0 Å². The molecule has 0 bridgehead atoms. The normalized spacial score (nSPS) is 21.0. The Bertz CT molecular complexity index is 305. The summed E-state index contributed by atoms with van der Waals surface area (Å²) in [7, 11) is 0. The summed E-state index contributed by atoms with van der Waals surface area (Å²) < 4.78 is 5.52. The van der Waals surface area contributed by atoms with E-state index in [0.717, 1.165) is 18.7 Å². The summed E-state index contributed by atoms with van der Waals surface area (Å²) >= 11 is 5.63. The summed E-state index contributed by atoms with van der Waals surface area (Å²) in [4.78, 5) is 0. The standard InChI is InChI=1S/C10H15ClN2O/c1-10(5-3-2-4-6-10)9-13-12-8(7-11)14-9/h2-7H2,1H3. The van der Waals surface area contributed by atoms with Gasteiger partial charge in [0.25, 0.3) is 0 Å². The van der Waals surface area contributed by atoms with Gasteiger partial charge in [-0.2, -0.15) is 0 Å². The minimum atomic E-state index is 0.0928. The summed E-state index contributed by atoms with van der Waals surface area (Å²) in [6.07, 6.45) is 6.14. The summed E-state index contributed by atoms with van der Waals surface area (Å²) in [6.45, 7) is 2.21. The van der Waals surface area contributed by atoms with E-state index in [9.17, 15) is 0 Å². The molecule has 4 heteroatoms. The Kier molecular flexibility index (Phi) is 2.77. The Labute approximate surface area is 88.9 Å². The van der Waals surface area contributed by atoms with Gasteiger partial charge in [-0.15, -0.1) is 21.8 Å². The molecule has 3 nitrogen and oxygen atoms in total. The zero-order chi connectivity index (χ0) is 10.0. The van der Waals surface area contributed by atoms with Crippen LogP contribution in [0.5, 0.6) is 0 Å². The highest BCUT2D eigenvalue weighted by atomic mass is 35.5. The van der Waals surface area contributed by atoms with Crippen molar-refractivity contribution in [3.05, 3.63) is 11.8 Å². The highest BCUT2D eigenvalue weighted by Gasteiger charge is 2.33. The Balaban J connectivity index is 2.19. The maximum Gasteiger partial charge on any atom is 0.231 e. The molecule has 78 valence electrons. The molecule has 0 aliphatic heterocycles. The van der Waals surface area contributed by atoms with Gasteiger partial charge in [-0.05, 0) is 12.8 Å². The average molecular weight is 215 g/mol. The van der Waals surface area contributed by atoms with Crippen molar-refractivity contribution in [2.75, 3.05) is 0 Å². The molecule has 0 atom stereocenters. The largest absolute Gasteiger partial charge is 0.423 e. The molecule has 1 aliphatic carbocycles. The molecule has 1 aromatic rings. The number of hydrogen-bond acceptors (Lipinski definition) is 3. The Morgan fingerprint density at radius 1 is 1.29 bits per heavy atom. The number of halogens is 1. The van der Waals surface area contributed by atoms with Crippen LogP contribution in [-0.4, -0.2) is 10.2 Å². The van der Waals surface area contributed by atoms with Gasteiger partial charge < -0.3 is 4.42 Å². The SMILES string of the molecule is CC1(c2nnc(CCl)o2)CCCCC1. The summed E-state index contributed by atoms with van der Waals surface area (Å²) in [5.41, 5.74) is 0.0928. The minimum absolute atomic E-state index is 0.0928. The van der Waals surface area contributed by atoms with Crippen molar-refractivity contribution in [1.29, 1.82) is 0 Å². The number of hydrogen-bond donors (Lipinski definition) is 0. The van der Waals surface area contributed by atoms with Gasteiger partial charge in [0.05, 0.1) is 0 Å². The Hall–Kier alpha value is -0.570. The first-order valence-corrected chi connectivity index (χ1v) is 5.67. The van der Waals surface area contributed by atoms with Gasteiger partial charge in [-0.1, -0.05) is 26.2 Å². The van der Waals surface area contributed by atoms with Gasteiger partial charge >= 0.3 is 0 Å². The van der Waals surface area contributed by atoms with Gasteiger partial charge in [0.2, 0.25) is 11.8 Å². The molecule has 14 heavy (non-hydrogen) atoms. The quantitative estimate of drug-likeness (QED) is 0.711. The molecular formula is C10H15ClN2O. The van der Waals surface area contributed by atoms with Crippen LogP contribution in [-0.2, 0) is 11.3 Å². The maximum atomic E-state index is 5.63. The van der Waals surface area contributed by atoms with Crippen LogP contribution >= 0.6 is 11.6 Å². The highest BCUT2D eigenvalue weighted by Crippen LogP contribution is 2.38. The number of nitrogens with zero attached hydrogens (tertiary/aromatic N) is 2. The molecule has 0 aromatic carbocycles. The molecule has 1 heterocycles. The lowest BCUT2D eigenvalue weighted by atomic mass is 9.76. The molecule has 1 saturated carbocycles. The van der Waals surface area contributed by atoms with Gasteiger partial charge in [0, 0.05) is 5.41 Å². The summed E-state index contributed by atoms with van der Waals surface area (Å²) in [5.74, 6) is 1.62. The first kappa shape index (κ1) is 9.97. The number of alkyl halides is 1. The van der Waals surface area contributed by atoms with Crippen molar-refractivity contribution in [3.63, 3.8) is 0 Å². The van der Waals surface area contributed by atoms with Crippen molar-refractivity contribution in [2.24, 2.45) is 0 Å². The Morgan fingerprint density at radius 3 is 2.57 bits per heavy atom. The lowest BCUT2D eigenvalue weighted by Crippen LogP contribution is -2.25. The molecular weight excluding hydrogens is 200 g/mol. The second-order valence-electron chi connectivity index (χ2n) is 4.26. The van der Waals surface area contributed by atoms with E-state index in [2.05, 4.69) is 17.1 Å². The van der Waals surface area contributed by atoms with Crippen molar-refractivity contribution in [1.82, 2.24) is 10.2 Å². The summed E-state index contributed by atoms with van der Waals surface area (Å²) in [6, 6.07) is 0. The predicted molar refractivity (Wildman–Crippen MR) is 54.3 cm³/mol. The molecule has 0 saturated heterocycles. The zero-order valence-corrected chi connectivity index (χ0v) is 9.18. The van der Waals surface area contributed by atoms with Crippen LogP contribution < -0.4 is 0 Å². The third-order valence-corrected chi connectivity index (χ3v) is 3.28. The van der Waals surface area contributed by atoms with Crippen LogP contribution in [0.3, 0.4) is 0 Å². The van der Waals surface area contributed by atoms with E-state index in [1.165, 1.54) is 19.3 Å². The second kappa shape index (κ2) is 3.89. The lowest BCUT2D eigenvalue weighted by molar-refractivity contribution is 0.253. The van der Waals surface area contributed by atoms with Crippen LogP contribution in [0.1, 0.15) is 50.8 Å². The first-order chi connectivity index (χ1) is 6.74. The number of rotatable bonds is 2. The molecule has 0 unspecified atom stereocenters. The van der Waals surface area contributed by atoms with Gasteiger partial charge in [-0.3, -0.25) is 0 Å². The first-order valence-electron chi connectivity index (χ1n) is 5.13. The van der Waals surface area contributed by atoms with E-state index in [-0.39, 0.29) is 5.41 Å². The average Bonchev–Trinajstić information content (AvgIpc) is 2.67. The van der Waals surface area contributed by atoms with Crippen molar-refractivity contribution in [3.8, 4) is 0 Å². The predicted octanol–water partition coefficient (Wildman–Crippen LogP) is 3.03. The molecule has 1 aliphatic rings. The molecule has 0 N–H and O–H groups in total. The van der Waals surface area contributed by atoms with Crippen molar-refractivity contribution < 1.29 is 4.42 Å². The van der Waals surface area contributed by atoms with Crippen LogP contribution in [0.2, 0.25) is 0 Å². The monoisotopic (exact) mass is 214 g/mol. The molecule has 1 aromatic heterocycles. The topological polar surface area (TPSA) is 38.9 Å². The smallest absolute Gasteiger partial charge is 0.231 e. The van der Waals surface area contributed by atoms with Crippen LogP contribution in [0.15, 0.2) is 4.42 Å². The highest BCUT2D eigenvalue weighted by molar-refractivity contribution is 6.16. The van der Waals surface area contributed by atoms with Crippen molar-refractivity contribution >= 4 is 11.6 Å². The molecule has 0 amide bonds. The second-order valence-corrected chi connectivity index (χ2v) is 4.52. The van der Waals surface area contributed by atoms with Gasteiger partial charge in [0.1, 0.15) is 5.88 Å². The fraction of sp³-hybridized carbons (Fsp3) is 0.800. The Morgan fingerprint density at radius 2 is 2.00 bits per heavy atom. The summed E-state index contributed by atoms with van der Waals surface area (Å²) in [5, 5.41) is 7.99. The van der Waals surface area contributed by atoms with E-state index in [4.69, 9.17) is 16.0 Å². The van der Waals surface area contributed by atoms with E-state index in [0.29, 0.717) is 11.8 Å². The maximum absolute atomic E-state index is 5.63. The molecule has 0 radical (unpaired) electrons. The van der Waals surface area contributed by atoms with Crippen LogP contribution in [0.4, 0.5) is 0 Å². The van der Waals surface area contributed by atoms with Crippen molar-refractivity contribution in [2.45, 2.75) is 50.3 Å². The van der Waals surface area contributed by atoms with Gasteiger partial charge in [-0.25, -0.2) is 0 Å². The fourth-order valence-corrected chi connectivity index (χ4v) is 2.21. The van der Waals surface area contributed by atoms with E-state index >= 15 is 0 Å². The van der Waals surface area contributed by atoms with Crippen LogP contribution in [0.25, 0.3) is 0 Å². The third-order valence-electron chi connectivity index (χ3n) is 3.05. The van der Waals surface area contributed by atoms with E-state index < -0.39 is 0 Å². The minimum Gasteiger partial charge on any atom is -0.423 e. The number of aromatic nitrogens is 2. The zero-order valence-electron chi connectivity index (χ0n) is 8.42. The van der Waals surface area contributed by atoms with Crippen LogP contribution in [0, 0.1) is 0 Å². The van der Waals surface area contributed by atoms with Gasteiger partial charge in [0.15, 0.2) is 0 Å². The fourth-order valence-electron chi connectivity index (χ4n) is 2.10. The third kappa shape index (κ3) is 1.78. The molecule has 0 spiro atoms. The van der Waals surface area contributed by atoms with E-state index in [1.807, 2.05) is 0 Å². The molecule has 1 fully saturated rings.